The predicted molar refractivity (Wildman–Crippen MR) is 163 cm³/mol. The van der Waals surface area contributed by atoms with Crippen molar-refractivity contribution in [2.24, 2.45) is 0 Å². The van der Waals surface area contributed by atoms with Gasteiger partial charge in [0.15, 0.2) is 0 Å². The Morgan fingerprint density at radius 3 is 2.15 bits per heavy atom. The lowest BCUT2D eigenvalue weighted by molar-refractivity contribution is 1.22. The first kappa shape index (κ1) is 20.9. The van der Waals surface area contributed by atoms with E-state index in [1.165, 1.54) is 65.9 Å². The third-order valence-corrected chi connectivity index (χ3v) is 8.26. The molecular formula is C36H23N3. The number of benzene rings is 6. The van der Waals surface area contributed by atoms with Gasteiger partial charge in [0.2, 0.25) is 5.78 Å². The minimum atomic E-state index is 0.964. The summed E-state index contributed by atoms with van der Waals surface area (Å²) in [6.07, 6.45) is 0. The number of para-hydroxylation sites is 2. The van der Waals surface area contributed by atoms with Gasteiger partial charge < -0.3 is 0 Å². The van der Waals surface area contributed by atoms with E-state index in [9.17, 15) is 0 Å². The molecule has 0 aliphatic heterocycles. The summed E-state index contributed by atoms with van der Waals surface area (Å²) in [4.78, 5) is 5.14. The van der Waals surface area contributed by atoms with E-state index in [0.717, 1.165) is 16.8 Å². The Hall–Kier alpha value is -5.15. The van der Waals surface area contributed by atoms with Gasteiger partial charge in [-0.25, -0.2) is 4.98 Å². The summed E-state index contributed by atoms with van der Waals surface area (Å²) in [6.45, 7) is 2.18. The Morgan fingerprint density at radius 1 is 0.513 bits per heavy atom. The van der Waals surface area contributed by atoms with Gasteiger partial charge in [-0.1, -0.05) is 90.5 Å². The SMILES string of the molecule is Cc1ccc(-c2ccccc2)c(-c2cc3c4cc5ccccc5cc4n4c3c(c2)n2c3ccccc3nc24)c1. The Morgan fingerprint density at radius 2 is 1.28 bits per heavy atom. The van der Waals surface area contributed by atoms with Crippen molar-refractivity contribution in [1.82, 2.24) is 13.8 Å². The van der Waals surface area contributed by atoms with E-state index in [1.807, 2.05) is 0 Å². The molecule has 0 amide bonds. The summed E-state index contributed by atoms with van der Waals surface area (Å²) in [5, 5.41) is 5.02. The second-order valence-electron chi connectivity index (χ2n) is 10.6. The third kappa shape index (κ3) is 2.79. The topological polar surface area (TPSA) is 21.7 Å². The summed E-state index contributed by atoms with van der Waals surface area (Å²) in [6, 6.07) is 44.0. The summed E-state index contributed by atoms with van der Waals surface area (Å²) in [5.74, 6) is 0.964. The van der Waals surface area contributed by atoms with Crippen molar-refractivity contribution in [2.75, 3.05) is 0 Å². The molecule has 9 aromatic rings. The first-order valence-corrected chi connectivity index (χ1v) is 13.4. The van der Waals surface area contributed by atoms with Gasteiger partial charge in [0, 0.05) is 10.8 Å². The Bertz CT molecular complexity index is 2390. The van der Waals surface area contributed by atoms with Crippen LogP contribution in [0.3, 0.4) is 0 Å². The smallest absolute Gasteiger partial charge is 0.220 e. The van der Waals surface area contributed by atoms with E-state index in [4.69, 9.17) is 4.98 Å². The van der Waals surface area contributed by atoms with Crippen LogP contribution in [-0.4, -0.2) is 13.8 Å². The van der Waals surface area contributed by atoms with Crippen molar-refractivity contribution in [1.29, 1.82) is 0 Å². The molecule has 0 radical (unpaired) electrons. The monoisotopic (exact) mass is 497 g/mol. The van der Waals surface area contributed by atoms with Crippen LogP contribution in [0.5, 0.6) is 0 Å². The van der Waals surface area contributed by atoms with Crippen molar-refractivity contribution >= 4 is 54.9 Å². The minimum Gasteiger partial charge on any atom is -0.277 e. The molecule has 0 N–H and O–H groups in total. The van der Waals surface area contributed by atoms with Crippen LogP contribution in [0.25, 0.3) is 77.2 Å². The fourth-order valence-electron chi connectivity index (χ4n) is 6.51. The number of hydrogen-bond acceptors (Lipinski definition) is 1. The number of hydrogen-bond donors (Lipinski definition) is 0. The largest absolute Gasteiger partial charge is 0.277 e. The quantitative estimate of drug-likeness (QED) is 0.233. The standard InChI is InChI=1S/C36H23N3/c1-22-15-16-27(23-9-3-2-4-10-23)28(17-22)26-19-30-29-18-24-11-5-6-12-25(24)20-33(29)39-35(30)34(21-26)38-32-14-8-7-13-31(32)37-36(38)39/h2-21H,1H3. The molecule has 3 aromatic heterocycles. The molecule has 0 spiro atoms. The number of fused-ring (bicyclic) bond motifs is 9. The highest BCUT2D eigenvalue weighted by Gasteiger charge is 2.23. The van der Waals surface area contributed by atoms with Crippen molar-refractivity contribution in [3.8, 4) is 22.3 Å². The van der Waals surface area contributed by atoms with Gasteiger partial charge in [0.1, 0.15) is 0 Å². The van der Waals surface area contributed by atoms with Crippen molar-refractivity contribution in [3.63, 3.8) is 0 Å². The molecule has 0 aliphatic rings. The van der Waals surface area contributed by atoms with Gasteiger partial charge in [-0.3, -0.25) is 8.80 Å². The van der Waals surface area contributed by atoms with Gasteiger partial charge in [-0.05, 0) is 76.3 Å². The number of imidazole rings is 2. The normalized spacial score (nSPS) is 12.2. The van der Waals surface area contributed by atoms with E-state index >= 15 is 0 Å². The maximum atomic E-state index is 5.14. The molecule has 0 bridgehead atoms. The van der Waals surface area contributed by atoms with E-state index in [0.29, 0.717) is 0 Å². The van der Waals surface area contributed by atoms with E-state index in [-0.39, 0.29) is 0 Å². The molecule has 0 atom stereocenters. The molecule has 6 aromatic carbocycles. The Kier molecular flexibility index (Phi) is 3.99. The molecule has 9 rings (SSSR count). The maximum absolute atomic E-state index is 5.14. The average molecular weight is 498 g/mol. The van der Waals surface area contributed by atoms with Gasteiger partial charge >= 0.3 is 0 Å². The molecule has 0 unspecified atom stereocenters. The van der Waals surface area contributed by atoms with Crippen LogP contribution in [0.15, 0.2) is 121 Å². The molecule has 39 heavy (non-hydrogen) atoms. The summed E-state index contributed by atoms with van der Waals surface area (Å²) < 4.78 is 4.71. The van der Waals surface area contributed by atoms with Gasteiger partial charge in [0.25, 0.3) is 0 Å². The van der Waals surface area contributed by atoms with Crippen molar-refractivity contribution in [3.05, 3.63) is 127 Å². The van der Waals surface area contributed by atoms with Crippen LogP contribution in [0, 0.1) is 6.92 Å². The third-order valence-electron chi connectivity index (χ3n) is 8.26. The molecule has 0 saturated heterocycles. The van der Waals surface area contributed by atoms with Gasteiger partial charge in [-0.15, -0.1) is 0 Å². The lowest BCUT2D eigenvalue weighted by atomic mass is 9.92. The number of aryl methyl sites for hydroxylation is 1. The zero-order chi connectivity index (χ0) is 25.7. The molecule has 0 fully saturated rings. The minimum absolute atomic E-state index is 0.964. The van der Waals surface area contributed by atoms with Crippen molar-refractivity contribution < 1.29 is 0 Å². The van der Waals surface area contributed by atoms with Crippen LogP contribution in [0.4, 0.5) is 0 Å². The fraction of sp³-hybridized carbons (Fsp3) is 0.0278. The highest BCUT2D eigenvalue weighted by Crippen LogP contribution is 2.42. The highest BCUT2D eigenvalue weighted by atomic mass is 15.2. The summed E-state index contributed by atoms with van der Waals surface area (Å²) in [5.41, 5.74) is 12.0. The van der Waals surface area contributed by atoms with Gasteiger partial charge in [-0.2, -0.15) is 0 Å². The molecule has 3 heteroatoms. The Balaban J connectivity index is 1.50. The molecule has 0 aliphatic carbocycles. The average Bonchev–Trinajstić information content (AvgIpc) is 3.61. The van der Waals surface area contributed by atoms with E-state index < -0.39 is 0 Å². The van der Waals surface area contributed by atoms with Crippen LogP contribution in [0.2, 0.25) is 0 Å². The molecular weight excluding hydrogens is 474 g/mol. The second-order valence-corrected chi connectivity index (χ2v) is 10.6. The lowest BCUT2D eigenvalue weighted by Crippen LogP contribution is -1.89. The van der Waals surface area contributed by atoms with E-state index in [1.54, 1.807) is 0 Å². The lowest BCUT2D eigenvalue weighted by Gasteiger charge is -2.12. The molecule has 0 saturated carbocycles. The van der Waals surface area contributed by atoms with Gasteiger partial charge in [0.05, 0.1) is 27.6 Å². The van der Waals surface area contributed by atoms with Crippen LogP contribution in [0.1, 0.15) is 5.56 Å². The first-order chi connectivity index (χ1) is 19.2. The zero-order valence-electron chi connectivity index (χ0n) is 21.4. The molecule has 3 nitrogen and oxygen atoms in total. The first-order valence-electron chi connectivity index (χ1n) is 13.4. The second kappa shape index (κ2) is 7.46. The molecule has 3 heterocycles. The Labute approximate surface area is 224 Å². The van der Waals surface area contributed by atoms with Crippen molar-refractivity contribution in [2.45, 2.75) is 6.92 Å². The number of rotatable bonds is 2. The summed E-state index contributed by atoms with van der Waals surface area (Å²) in [7, 11) is 0. The predicted octanol–water partition coefficient (Wildman–Crippen LogP) is 9.28. The zero-order valence-corrected chi connectivity index (χ0v) is 21.4. The number of aromatic nitrogens is 3. The fourth-order valence-corrected chi connectivity index (χ4v) is 6.51. The van der Waals surface area contributed by atoms with Crippen LogP contribution in [-0.2, 0) is 0 Å². The number of nitrogens with zero attached hydrogens (tertiary/aromatic N) is 3. The van der Waals surface area contributed by atoms with Crippen LogP contribution < -0.4 is 0 Å². The van der Waals surface area contributed by atoms with Crippen LogP contribution >= 0.6 is 0 Å². The maximum Gasteiger partial charge on any atom is 0.220 e. The van der Waals surface area contributed by atoms with E-state index in [2.05, 4.69) is 137 Å². The highest BCUT2D eigenvalue weighted by molar-refractivity contribution is 6.20. The molecule has 182 valence electrons. The summed E-state index contributed by atoms with van der Waals surface area (Å²) >= 11 is 0.